The lowest BCUT2D eigenvalue weighted by Gasteiger charge is -2.09. The van der Waals surface area contributed by atoms with Crippen LogP contribution in [0.3, 0.4) is 0 Å². The van der Waals surface area contributed by atoms with E-state index in [1.165, 1.54) is 0 Å². The van der Waals surface area contributed by atoms with Gasteiger partial charge in [-0.05, 0) is 42.7 Å². The number of nitrogens with zero attached hydrogens (tertiary/aromatic N) is 1. The average molecular weight is 331 g/mol. The van der Waals surface area contributed by atoms with Gasteiger partial charge in [0.15, 0.2) is 0 Å². The molecule has 2 N–H and O–H groups in total. The third-order valence-electron chi connectivity index (χ3n) is 3.94. The van der Waals surface area contributed by atoms with Crippen LogP contribution in [0.25, 0.3) is 0 Å². The quantitative estimate of drug-likeness (QED) is 0.688. The largest absolute Gasteiger partial charge is 0.340 e. The summed E-state index contributed by atoms with van der Waals surface area (Å²) in [5, 5.41) is 6.16. The summed E-state index contributed by atoms with van der Waals surface area (Å²) in [6.45, 7) is 2.05. The second-order valence-corrected chi connectivity index (χ2v) is 5.91. The first-order valence-corrected chi connectivity index (χ1v) is 8.33. The standard InChI is InChI=1S/C21H21N3O/c1-16-7-5-6-10-19(16)24-20-13-12-18(15-22-20)23-21(25)14-11-17-8-3-2-4-9-17/h2-10,12-13,15H,11,14H2,1H3,(H,22,24)(H,23,25). The molecule has 0 unspecified atom stereocenters. The van der Waals surface area contributed by atoms with E-state index in [-0.39, 0.29) is 5.91 Å². The van der Waals surface area contributed by atoms with Gasteiger partial charge in [0.1, 0.15) is 5.82 Å². The molecule has 0 spiro atoms. The van der Waals surface area contributed by atoms with E-state index in [2.05, 4.69) is 15.6 Å². The molecule has 4 nitrogen and oxygen atoms in total. The lowest BCUT2D eigenvalue weighted by Crippen LogP contribution is -2.12. The summed E-state index contributed by atoms with van der Waals surface area (Å²) < 4.78 is 0. The first-order valence-electron chi connectivity index (χ1n) is 8.33. The van der Waals surface area contributed by atoms with E-state index in [9.17, 15) is 4.79 Å². The molecule has 4 heteroatoms. The molecule has 2 aromatic carbocycles. The van der Waals surface area contributed by atoms with Crippen molar-refractivity contribution in [1.29, 1.82) is 0 Å². The molecule has 126 valence electrons. The summed E-state index contributed by atoms with van der Waals surface area (Å²) in [5.41, 5.74) is 4.04. The number of aryl methyl sites for hydroxylation is 2. The van der Waals surface area contributed by atoms with Crippen LogP contribution >= 0.6 is 0 Å². The molecular formula is C21H21N3O. The molecule has 3 aromatic rings. The maximum Gasteiger partial charge on any atom is 0.224 e. The number of pyridine rings is 1. The topological polar surface area (TPSA) is 54.0 Å². The van der Waals surface area contributed by atoms with Crippen molar-refractivity contribution < 1.29 is 4.79 Å². The van der Waals surface area contributed by atoms with Crippen molar-refractivity contribution in [2.75, 3.05) is 10.6 Å². The zero-order chi connectivity index (χ0) is 17.5. The number of benzene rings is 2. The smallest absolute Gasteiger partial charge is 0.224 e. The van der Waals surface area contributed by atoms with Gasteiger partial charge in [0.05, 0.1) is 11.9 Å². The highest BCUT2D eigenvalue weighted by Gasteiger charge is 2.04. The summed E-state index contributed by atoms with van der Waals surface area (Å²) in [4.78, 5) is 16.4. The van der Waals surface area contributed by atoms with Gasteiger partial charge >= 0.3 is 0 Å². The number of hydrogen-bond acceptors (Lipinski definition) is 3. The van der Waals surface area contributed by atoms with Gasteiger partial charge in [-0.2, -0.15) is 0 Å². The van der Waals surface area contributed by atoms with Crippen molar-refractivity contribution in [3.8, 4) is 0 Å². The van der Waals surface area contributed by atoms with Crippen LogP contribution in [0.2, 0.25) is 0 Å². The van der Waals surface area contributed by atoms with E-state index in [0.717, 1.165) is 29.1 Å². The van der Waals surface area contributed by atoms with E-state index < -0.39 is 0 Å². The van der Waals surface area contributed by atoms with Crippen LogP contribution < -0.4 is 10.6 Å². The zero-order valence-corrected chi connectivity index (χ0v) is 14.2. The summed E-state index contributed by atoms with van der Waals surface area (Å²) in [6, 6.07) is 21.8. The summed E-state index contributed by atoms with van der Waals surface area (Å²) in [5.74, 6) is 0.738. The van der Waals surface area contributed by atoms with Gasteiger partial charge in [0.2, 0.25) is 5.91 Å². The fourth-order valence-electron chi connectivity index (χ4n) is 2.52. The fraction of sp³-hybridized carbons (Fsp3) is 0.143. The van der Waals surface area contributed by atoms with Gasteiger partial charge in [-0.15, -0.1) is 0 Å². The number of nitrogens with one attached hydrogen (secondary N) is 2. The molecular weight excluding hydrogens is 310 g/mol. The Kier molecular flexibility index (Phi) is 5.42. The Morgan fingerprint density at radius 3 is 2.44 bits per heavy atom. The number of amides is 1. The van der Waals surface area contributed by atoms with Crippen molar-refractivity contribution >= 4 is 23.1 Å². The van der Waals surface area contributed by atoms with Crippen LogP contribution in [0.15, 0.2) is 72.9 Å². The molecule has 1 amide bonds. The van der Waals surface area contributed by atoms with Gasteiger partial charge in [-0.25, -0.2) is 4.98 Å². The number of rotatable bonds is 6. The van der Waals surface area contributed by atoms with Crippen molar-refractivity contribution in [3.05, 3.63) is 84.1 Å². The van der Waals surface area contributed by atoms with Gasteiger partial charge in [0, 0.05) is 12.1 Å². The predicted octanol–water partition coefficient (Wildman–Crippen LogP) is 4.70. The second-order valence-electron chi connectivity index (χ2n) is 5.91. The number of carbonyl (C=O) groups is 1. The van der Waals surface area contributed by atoms with Gasteiger partial charge in [-0.1, -0.05) is 48.5 Å². The van der Waals surface area contributed by atoms with Crippen LogP contribution in [0.1, 0.15) is 17.5 Å². The number of anilines is 3. The normalized spacial score (nSPS) is 10.3. The van der Waals surface area contributed by atoms with Crippen molar-refractivity contribution in [1.82, 2.24) is 4.98 Å². The lowest BCUT2D eigenvalue weighted by molar-refractivity contribution is -0.116. The minimum Gasteiger partial charge on any atom is -0.340 e. The summed E-state index contributed by atoms with van der Waals surface area (Å²) >= 11 is 0. The van der Waals surface area contributed by atoms with E-state index in [4.69, 9.17) is 0 Å². The molecule has 0 aliphatic carbocycles. The Morgan fingerprint density at radius 2 is 1.72 bits per heavy atom. The Labute approximate surface area is 147 Å². The van der Waals surface area contributed by atoms with Crippen molar-refractivity contribution in [2.45, 2.75) is 19.8 Å². The molecule has 0 aliphatic rings. The predicted molar refractivity (Wildman–Crippen MR) is 102 cm³/mol. The Morgan fingerprint density at radius 1 is 0.960 bits per heavy atom. The van der Waals surface area contributed by atoms with Gasteiger partial charge < -0.3 is 10.6 Å². The first kappa shape index (κ1) is 16.7. The fourth-order valence-corrected chi connectivity index (χ4v) is 2.52. The molecule has 0 fully saturated rings. The maximum absolute atomic E-state index is 12.1. The molecule has 0 bridgehead atoms. The molecule has 0 saturated carbocycles. The average Bonchev–Trinajstić information content (AvgIpc) is 2.64. The van der Waals surface area contributed by atoms with Crippen LogP contribution in [0.4, 0.5) is 17.2 Å². The number of para-hydroxylation sites is 1. The van der Waals surface area contributed by atoms with Crippen LogP contribution in [-0.4, -0.2) is 10.9 Å². The molecule has 1 heterocycles. The van der Waals surface area contributed by atoms with E-state index in [1.807, 2.05) is 73.7 Å². The minimum atomic E-state index is -0.00901. The second kappa shape index (κ2) is 8.11. The Balaban J connectivity index is 1.53. The molecule has 0 atom stereocenters. The third kappa shape index (κ3) is 4.91. The lowest BCUT2D eigenvalue weighted by atomic mass is 10.1. The van der Waals surface area contributed by atoms with Gasteiger partial charge in [-0.3, -0.25) is 4.79 Å². The molecule has 0 radical (unpaired) electrons. The van der Waals surface area contributed by atoms with E-state index in [0.29, 0.717) is 12.1 Å². The van der Waals surface area contributed by atoms with E-state index in [1.54, 1.807) is 6.20 Å². The molecule has 0 saturated heterocycles. The van der Waals surface area contributed by atoms with Crippen molar-refractivity contribution in [3.63, 3.8) is 0 Å². The molecule has 0 aliphatic heterocycles. The maximum atomic E-state index is 12.1. The number of carbonyl (C=O) groups excluding carboxylic acids is 1. The van der Waals surface area contributed by atoms with Crippen molar-refractivity contribution in [2.24, 2.45) is 0 Å². The molecule has 25 heavy (non-hydrogen) atoms. The first-order chi connectivity index (χ1) is 12.2. The molecule has 3 rings (SSSR count). The van der Waals surface area contributed by atoms with Crippen LogP contribution in [-0.2, 0) is 11.2 Å². The highest BCUT2D eigenvalue weighted by atomic mass is 16.1. The summed E-state index contributed by atoms with van der Waals surface area (Å²) in [7, 11) is 0. The monoisotopic (exact) mass is 331 g/mol. The Bertz CT molecular complexity index is 829. The highest BCUT2D eigenvalue weighted by molar-refractivity contribution is 5.90. The zero-order valence-electron chi connectivity index (χ0n) is 14.2. The minimum absolute atomic E-state index is 0.00901. The molecule has 1 aromatic heterocycles. The third-order valence-corrected chi connectivity index (χ3v) is 3.94. The SMILES string of the molecule is Cc1ccccc1Nc1ccc(NC(=O)CCc2ccccc2)cn1. The Hall–Kier alpha value is -3.14. The number of aromatic nitrogens is 1. The number of hydrogen-bond donors (Lipinski definition) is 2. The van der Waals surface area contributed by atoms with Crippen LogP contribution in [0.5, 0.6) is 0 Å². The highest BCUT2D eigenvalue weighted by Crippen LogP contribution is 2.19. The van der Waals surface area contributed by atoms with Gasteiger partial charge in [0.25, 0.3) is 0 Å². The summed E-state index contributed by atoms with van der Waals surface area (Å²) in [6.07, 6.45) is 2.85. The van der Waals surface area contributed by atoms with E-state index >= 15 is 0 Å². The van der Waals surface area contributed by atoms with Crippen LogP contribution in [0, 0.1) is 6.92 Å².